The van der Waals surface area contributed by atoms with E-state index in [-0.39, 0.29) is 0 Å². The molecule has 0 saturated carbocycles. The van der Waals surface area contributed by atoms with Crippen molar-refractivity contribution in [3.63, 3.8) is 0 Å². The molecule has 0 aliphatic carbocycles. The zero-order chi connectivity index (χ0) is 14.1. The molecule has 1 aromatic carbocycles. The van der Waals surface area contributed by atoms with Gasteiger partial charge in [-0.05, 0) is 5.56 Å². The summed E-state index contributed by atoms with van der Waals surface area (Å²) in [5.41, 5.74) is 3.68. The fourth-order valence-corrected chi connectivity index (χ4v) is 2.68. The minimum atomic E-state index is 0.801. The van der Waals surface area contributed by atoms with E-state index in [1.54, 1.807) is 18.6 Å². The maximum atomic E-state index is 4.69. The average Bonchev–Trinajstić information content (AvgIpc) is 3.07. The lowest BCUT2D eigenvalue weighted by Gasteiger charge is -2.15. The molecule has 3 heterocycles. The van der Waals surface area contributed by atoms with Crippen LogP contribution in [0, 0.1) is 0 Å². The zero-order valence-corrected chi connectivity index (χ0v) is 11.6. The molecule has 5 nitrogen and oxygen atoms in total. The van der Waals surface area contributed by atoms with Crippen molar-refractivity contribution in [2.24, 2.45) is 0 Å². The lowest BCUT2D eigenvalue weighted by Crippen LogP contribution is -2.17. The second-order valence-electron chi connectivity index (χ2n) is 5.20. The molecule has 0 radical (unpaired) electrons. The molecule has 5 heteroatoms. The molecule has 0 spiro atoms. The van der Waals surface area contributed by atoms with Gasteiger partial charge in [0.05, 0.1) is 25.0 Å². The largest absolute Gasteiger partial charge is 0.345 e. The van der Waals surface area contributed by atoms with Crippen LogP contribution >= 0.6 is 0 Å². The van der Waals surface area contributed by atoms with Crippen LogP contribution in [0.25, 0.3) is 0 Å². The summed E-state index contributed by atoms with van der Waals surface area (Å²) in [6.45, 7) is 2.47. The topological polar surface area (TPSA) is 46.8 Å². The van der Waals surface area contributed by atoms with Gasteiger partial charge >= 0.3 is 0 Å². The third-order valence-electron chi connectivity index (χ3n) is 3.69. The van der Waals surface area contributed by atoms with Crippen LogP contribution in [0.15, 0.2) is 55.1 Å². The first-order valence-corrected chi connectivity index (χ1v) is 6.98. The Hall–Kier alpha value is -2.69. The van der Waals surface area contributed by atoms with Gasteiger partial charge in [0.2, 0.25) is 0 Å². The SMILES string of the molecule is c1ccc(Cn2cc3c(n2)CN(c2cnccn2)C3)cc1. The van der Waals surface area contributed by atoms with Gasteiger partial charge in [-0.15, -0.1) is 0 Å². The molecule has 3 aromatic rings. The summed E-state index contributed by atoms with van der Waals surface area (Å²) >= 11 is 0. The summed E-state index contributed by atoms with van der Waals surface area (Å²) in [6, 6.07) is 10.4. The Morgan fingerprint density at radius 3 is 2.71 bits per heavy atom. The van der Waals surface area contributed by atoms with Crippen molar-refractivity contribution in [2.75, 3.05) is 4.90 Å². The second-order valence-corrected chi connectivity index (χ2v) is 5.20. The molecule has 104 valence electrons. The maximum absolute atomic E-state index is 4.69. The fourth-order valence-electron chi connectivity index (χ4n) is 2.68. The number of fused-ring (bicyclic) bond motifs is 1. The van der Waals surface area contributed by atoms with Crippen molar-refractivity contribution in [3.05, 3.63) is 71.9 Å². The van der Waals surface area contributed by atoms with Crippen molar-refractivity contribution in [1.82, 2.24) is 19.7 Å². The fraction of sp³-hybridized carbons (Fsp3) is 0.188. The van der Waals surface area contributed by atoms with E-state index < -0.39 is 0 Å². The van der Waals surface area contributed by atoms with Crippen molar-refractivity contribution >= 4 is 5.82 Å². The number of anilines is 1. The highest BCUT2D eigenvalue weighted by molar-refractivity contribution is 5.42. The Bertz CT molecular complexity index is 712. The smallest absolute Gasteiger partial charge is 0.147 e. The van der Waals surface area contributed by atoms with Gasteiger partial charge in [0.1, 0.15) is 5.82 Å². The van der Waals surface area contributed by atoms with E-state index in [0.717, 1.165) is 31.1 Å². The number of benzene rings is 1. The minimum absolute atomic E-state index is 0.801. The number of nitrogens with zero attached hydrogens (tertiary/aromatic N) is 5. The van der Waals surface area contributed by atoms with Gasteiger partial charge in [-0.3, -0.25) is 9.67 Å². The van der Waals surface area contributed by atoms with E-state index in [1.165, 1.54) is 11.1 Å². The molecule has 1 aliphatic heterocycles. The van der Waals surface area contributed by atoms with Crippen molar-refractivity contribution in [1.29, 1.82) is 0 Å². The molecule has 0 saturated heterocycles. The molecule has 2 aromatic heterocycles. The molecule has 0 unspecified atom stereocenters. The average molecular weight is 277 g/mol. The minimum Gasteiger partial charge on any atom is -0.345 e. The quantitative estimate of drug-likeness (QED) is 0.736. The standard InChI is InChI=1S/C16H15N5/c1-2-4-13(5-3-1)9-21-11-14-10-20(12-15(14)19-21)16-8-17-6-7-18-16/h1-8,11H,9-10,12H2. The van der Waals surface area contributed by atoms with E-state index in [9.17, 15) is 0 Å². The summed E-state index contributed by atoms with van der Waals surface area (Å²) in [4.78, 5) is 10.7. The highest BCUT2D eigenvalue weighted by Gasteiger charge is 2.23. The van der Waals surface area contributed by atoms with Crippen molar-refractivity contribution in [3.8, 4) is 0 Å². The molecule has 1 aliphatic rings. The Morgan fingerprint density at radius 1 is 1.05 bits per heavy atom. The van der Waals surface area contributed by atoms with Crippen LogP contribution in [0.4, 0.5) is 5.82 Å². The molecular formula is C16H15N5. The van der Waals surface area contributed by atoms with E-state index in [0.29, 0.717) is 0 Å². The Labute approximate surface area is 122 Å². The normalized spacial score (nSPS) is 13.4. The van der Waals surface area contributed by atoms with Gasteiger partial charge in [-0.2, -0.15) is 5.10 Å². The number of rotatable bonds is 3. The van der Waals surface area contributed by atoms with Crippen LogP contribution in [0.5, 0.6) is 0 Å². The van der Waals surface area contributed by atoms with Gasteiger partial charge in [0, 0.05) is 30.7 Å². The Kier molecular flexibility index (Phi) is 2.88. The summed E-state index contributed by atoms with van der Waals surface area (Å²) in [5, 5.41) is 4.69. The van der Waals surface area contributed by atoms with Gasteiger partial charge < -0.3 is 4.90 Å². The van der Waals surface area contributed by atoms with E-state index >= 15 is 0 Å². The van der Waals surface area contributed by atoms with E-state index in [2.05, 4.69) is 50.4 Å². The second kappa shape index (κ2) is 5.01. The predicted octanol–water partition coefficient (Wildman–Crippen LogP) is 2.24. The van der Waals surface area contributed by atoms with Crippen LogP contribution in [0.3, 0.4) is 0 Å². The summed E-state index contributed by atoms with van der Waals surface area (Å²) in [5.74, 6) is 0.908. The monoisotopic (exact) mass is 277 g/mol. The molecule has 0 fully saturated rings. The molecule has 21 heavy (non-hydrogen) atoms. The van der Waals surface area contributed by atoms with Crippen LogP contribution in [-0.4, -0.2) is 19.7 Å². The van der Waals surface area contributed by atoms with Crippen molar-refractivity contribution < 1.29 is 0 Å². The first-order chi connectivity index (χ1) is 10.4. The summed E-state index contributed by atoms with van der Waals surface area (Å²) in [6.07, 6.45) is 7.35. The zero-order valence-electron chi connectivity index (χ0n) is 11.6. The highest BCUT2D eigenvalue weighted by atomic mass is 15.3. The third-order valence-corrected chi connectivity index (χ3v) is 3.69. The molecular weight excluding hydrogens is 262 g/mol. The molecule has 0 bridgehead atoms. The number of aromatic nitrogens is 4. The molecule has 4 rings (SSSR count). The first kappa shape index (κ1) is 12.1. The maximum Gasteiger partial charge on any atom is 0.147 e. The number of hydrogen-bond donors (Lipinski definition) is 0. The van der Waals surface area contributed by atoms with Crippen LogP contribution in [0.1, 0.15) is 16.8 Å². The summed E-state index contributed by atoms with van der Waals surface area (Å²) < 4.78 is 2.02. The summed E-state index contributed by atoms with van der Waals surface area (Å²) in [7, 11) is 0. The van der Waals surface area contributed by atoms with E-state index in [4.69, 9.17) is 0 Å². The van der Waals surface area contributed by atoms with Gasteiger partial charge in [0.25, 0.3) is 0 Å². The van der Waals surface area contributed by atoms with Gasteiger partial charge in [-0.25, -0.2) is 4.98 Å². The Balaban J connectivity index is 1.51. The lowest BCUT2D eigenvalue weighted by molar-refractivity contribution is 0.661. The van der Waals surface area contributed by atoms with Gasteiger partial charge in [0.15, 0.2) is 0 Å². The number of hydrogen-bond acceptors (Lipinski definition) is 4. The van der Waals surface area contributed by atoms with E-state index in [1.807, 2.05) is 10.7 Å². The molecule has 0 N–H and O–H groups in total. The van der Waals surface area contributed by atoms with Crippen molar-refractivity contribution in [2.45, 2.75) is 19.6 Å². The van der Waals surface area contributed by atoms with Crippen LogP contribution in [0.2, 0.25) is 0 Å². The third kappa shape index (κ3) is 2.38. The Morgan fingerprint density at radius 2 is 1.95 bits per heavy atom. The molecule has 0 amide bonds. The highest BCUT2D eigenvalue weighted by Crippen LogP contribution is 2.25. The van der Waals surface area contributed by atoms with Crippen LogP contribution < -0.4 is 4.90 Å². The predicted molar refractivity (Wildman–Crippen MR) is 79.7 cm³/mol. The lowest BCUT2D eigenvalue weighted by atomic mass is 10.2. The first-order valence-electron chi connectivity index (χ1n) is 6.98. The van der Waals surface area contributed by atoms with Crippen LogP contribution in [-0.2, 0) is 19.6 Å². The molecule has 0 atom stereocenters. The van der Waals surface area contributed by atoms with Gasteiger partial charge in [-0.1, -0.05) is 30.3 Å².